The Morgan fingerprint density at radius 1 is 1.11 bits per heavy atom. The maximum absolute atomic E-state index is 9.58. The molecule has 0 aromatic heterocycles. The number of halogens is 1. The minimum absolute atomic E-state index is 0.113. The number of methoxy groups -OCH3 is 1. The van der Waals surface area contributed by atoms with Crippen molar-refractivity contribution in [3.63, 3.8) is 0 Å². The van der Waals surface area contributed by atoms with Crippen LogP contribution in [-0.4, -0.2) is 59.4 Å². The number of nitrogens with zero attached hydrogens (tertiary/aromatic N) is 2. The van der Waals surface area contributed by atoms with Crippen molar-refractivity contribution >= 4 is 11.6 Å². The lowest BCUT2D eigenvalue weighted by atomic mass is 10.1. The van der Waals surface area contributed by atoms with E-state index >= 15 is 0 Å². The number of phenolic OH excluding ortho intramolecular Hbond substituents is 1. The molecule has 0 spiro atoms. The first-order chi connectivity index (χ1) is 13.1. The average molecular weight is 391 g/mol. The second-order valence-electron chi connectivity index (χ2n) is 7.01. The first-order valence-electron chi connectivity index (χ1n) is 9.26. The van der Waals surface area contributed by atoms with Crippen LogP contribution in [0.5, 0.6) is 11.5 Å². The summed E-state index contributed by atoms with van der Waals surface area (Å²) in [5.41, 5.74) is 2.30. The Balaban J connectivity index is 1.64. The summed E-state index contributed by atoms with van der Waals surface area (Å²) in [4.78, 5) is 4.82. The highest BCUT2D eigenvalue weighted by atomic mass is 35.5. The van der Waals surface area contributed by atoms with E-state index < -0.39 is 0 Å². The predicted molar refractivity (Wildman–Crippen MR) is 107 cm³/mol. The third kappa shape index (κ3) is 5.36. The minimum atomic E-state index is 0.113. The fourth-order valence-electron chi connectivity index (χ4n) is 3.64. The minimum Gasteiger partial charge on any atom is -0.506 e. The van der Waals surface area contributed by atoms with Crippen molar-refractivity contribution in [3.05, 3.63) is 58.6 Å². The number of benzene rings is 2. The second-order valence-corrected chi connectivity index (χ2v) is 7.42. The zero-order valence-corrected chi connectivity index (χ0v) is 16.4. The van der Waals surface area contributed by atoms with Crippen LogP contribution in [0.4, 0.5) is 0 Å². The van der Waals surface area contributed by atoms with E-state index in [-0.39, 0.29) is 12.4 Å². The number of piperazine rings is 1. The van der Waals surface area contributed by atoms with E-state index in [1.807, 2.05) is 24.3 Å². The summed E-state index contributed by atoms with van der Waals surface area (Å²) in [5.74, 6) is 0.982. The quantitative estimate of drug-likeness (QED) is 0.760. The van der Waals surface area contributed by atoms with Crippen LogP contribution in [0.25, 0.3) is 0 Å². The number of hydrogen-bond donors (Lipinski definition) is 2. The lowest BCUT2D eigenvalue weighted by molar-refractivity contribution is 0.0499. The van der Waals surface area contributed by atoms with Gasteiger partial charge >= 0.3 is 0 Å². The zero-order chi connectivity index (χ0) is 19.2. The molecule has 1 saturated heterocycles. The Morgan fingerprint density at radius 2 is 1.93 bits per heavy atom. The van der Waals surface area contributed by atoms with Gasteiger partial charge in [-0.15, -0.1) is 0 Å². The number of aliphatic hydroxyl groups is 1. The molecule has 3 rings (SSSR count). The lowest BCUT2D eigenvalue weighted by Crippen LogP contribution is -2.52. The van der Waals surface area contributed by atoms with E-state index in [2.05, 4.69) is 21.9 Å². The molecule has 0 bridgehead atoms. The largest absolute Gasteiger partial charge is 0.506 e. The maximum atomic E-state index is 9.58. The highest BCUT2D eigenvalue weighted by molar-refractivity contribution is 6.32. The third-order valence-electron chi connectivity index (χ3n) is 5.09. The first kappa shape index (κ1) is 20.0. The first-order valence-corrected chi connectivity index (χ1v) is 9.64. The van der Waals surface area contributed by atoms with Crippen LogP contribution in [0.2, 0.25) is 5.02 Å². The van der Waals surface area contributed by atoms with Gasteiger partial charge in [-0.1, -0.05) is 29.8 Å². The summed E-state index contributed by atoms with van der Waals surface area (Å²) < 4.78 is 5.32. The molecule has 2 aromatic rings. The summed E-state index contributed by atoms with van der Waals surface area (Å²) in [5, 5.41) is 19.5. The van der Waals surface area contributed by atoms with Crippen molar-refractivity contribution in [1.82, 2.24) is 9.80 Å². The van der Waals surface area contributed by atoms with Gasteiger partial charge in [-0.05, 0) is 41.8 Å². The molecule has 1 heterocycles. The summed E-state index contributed by atoms with van der Waals surface area (Å²) in [7, 11) is 1.68. The normalized spacial score (nSPS) is 18.6. The van der Waals surface area contributed by atoms with E-state index in [1.165, 1.54) is 5.56 Å². The fourth-order valence-corrected chi connectivity index (χ4v) is 3.85. The number of rotatable bonds is 7. The summed E-state index contributed by atoms with van der Waals surface area (Å²) in [6, 6.07) is 13.8. The van der Waals surface area contributed by atoms with Crippen molar-refractivity contribution in [3.8, 4) is 11.5 Å². The SMILES string of the molecule is COc1cccc(CN2CCN(Cc3ccc(O)c(Cl)c3)C[C@H]2CCO)c1. The highest BCUT2D eigenvalue weighted by Crippen LogP contribution is 2.25. The number of phenols is 1. The van der Waals surface area contributed by atoms with Crippen molar-refractivity contribution in [2.75, 3.05) is 33.4 Å². The van der Waals surface area contributed by atoms with Crippen LogP contribution >= 0.6 is 11.6 Å². The molecule has 146 valence electrons. The number of ether oxygens (including phenoxy) is 1. The molecule has 6 heteroatoms. The molecule has 1 fully saturated rings. The van der Waals surface area contributed by atoms with Crippen LogP contribution in [0.3, 0.4) is 0 Å². The molecule has 0 aliphatic carbocycles. The Labute approximate surface area is 165 Å². The summed E-state index contributed by atoms with van der Waals surface area (Å²) in [6.45, 7) is 4.59. The van der Waals surface area contributed by atoms with Gasteiger partial charge in [0.1, 0.15) is 11.5 Å². The van der Waals surface area contributed by atoms with Gasteiger partial charge in [0.15, 0.2) is 0 Å². The monoisotopic (exact) mass is 390 g/mol. The Bertz CT molecular complexity index is 756. The molecule has 27 heavy (non-hydrogen) atoms. The molecule has 0 unspecified atom stereocenters. The van der Waals surface area contributed by atoms with Crippen molar-refractivity contribution in [1.29, 1.82) is 0 Å². The van der Waals surface area contributed by atoms with E-state index in [0.29, 0.717) is 11.1 Å². The molecule has 2 aromatic carbocycles. The maximum Gasteiger partial charge on any atom is 0.134 e. The number of aromatic hydroxyl groups is 1. The smallest absolute Gasteiger partial charge is 0.134 e. The van der Waals surface area contributed by atoms with E-state index in [9.17, 15) is 10.2 Å². The summed E-state index contributed by atoms with van der Waals surface area (Å²) in [6.07, 6.45) is 0.747. The molecule has 0 saturated carbocycles. The molecule has 0 radical (unpaired) electrons. The van der Waals surface area contributed by atoms with Crippen molar-refractivity contribution in [2.24, 2.45) is 0 Å². The van der Waals surface area contributed by atoms with Crippen LogP contribution < -0.4 is 4.74 Å². The third-order valence-corrected chi connectivity index (χ3v) is 5.39. The van der Waals surface area contributed by atoms with Gasteiger partial charge in [0.05, 0.1) is 12.1 Å². The second kappa shape index (κ2) is 9.42. The zero-order valence-electron chi connectivity index (χ0n) is 15.6. The van der Waals surface area contributed by atoms with Gasteiger partial charge in [-0.3, -0.25) is 9.80 Å². The van der Waals surface area contributed by atoms with Gasteiger partial charge in [-0.2, -0.15) is 0 Å². The molecule has 1 aliphatic heterocycles. The van der Waals surface area contributed by atoms with Gasteiger partial charge in [0, 0.05) is 45.4 Å². The molecule has 0 amide bonds. The molecular weight excluding hydrogens is 364 g/mol. The Hall–Kier alpha value is -1.79. The standard InChI is InChI=1S/C21H27ClN2O3/c1-27-19-4-2-3-16(11-19)14-24-9-8-23(15-18(24)7-10-25)13-17-5-6-21(26)20(22)12-17/h2-6,11-12,18,25-26H,7-10,13-15H2,1H3/t18-/m1/s1. The molecule has 1 aliphatic rings. The van der Waals surface area contributed by atoms with Crippen LogP contribution in [-0.2, 0) is 13.1 Å². The Kier molecular flexibility index (Phi) is 6.96. The van der Waals surface area contributed by atoms with Crippen molar-refractivity contribution < 1.29 is 14.9 Å². The Morgan fingerprint density at radius 3 is 2.67 bits per heavy atom. The summed E-state index contributed by atoms with van der Waals surface area (Å²) >= 11 is 6.03. The van der Waals surface area contributed by atoms with Gasteiger partial charge in [0.2, 0.25) is 0 Å². The molecule has 2 N–H and O–H groups in total. The van der Waals surface area contributed by atoms with Crippen molar-refractivity contribution in [2.45, 2.75) is 25.6 Å². The molecular formula is C21H27ClN2O3. The predicted octanol–water partition coefficient (Wildman–Crippen LogP) is 3.12. The van der Waals surface area contributed by atoms with E-state index in [0.717, 1.165) is 50.5 Å². The van der Waals surface area contributed by atoms with Gasteiger partial charge in [-0.25, -0.2) is 0 Å². The van der Waals surface area contributed by atoms with Gasteiger partial charge < -0.3 is 14.9 Å². The molecule has 5 nitrogen and oxygen atoms in total. The van der Waals surface area contributed by atoms with E-state index in [4.69, 9.17) is 16.3 Å². The van der Waals surface area contributed by atoms with E-state index in [1.54, 1.807) is 13.2 Å². The van der Waals surface area contributed by atoms with Crippen LogP contribution in [0.15, 0.2) is 42.5 Å². The average Bonchev–Trinajstić information content (AvgIpc) is 2.67. The van der Waals surface area contributed by atoms with Crippen LogP contribution in [0, 0.1) is 0 Å². The lowest BCUT2D eigenvalue weighted by Gasteiger charge is -2.41. The highest BCUT2D eigenvalue weighted by Gasteiger charge is 2.26. The fraction of sp³-hybridized carbons (Fsp3) is 0.429. The molecule has 1 atom stereocenters. The number of aliphatic hydroxyl groups excluding tert-OH is 1. The topological polar surface area (TPSA) is 56.2 Å². The van der Waals surface area contributed by atoms with Crippen LogP contribution in [0.1, 0.15) is 17.5 Å². The van der Waals surface area contributed by atoms with Gasteiger partial charge in [0.25, 0.3) is 0 Å². The number of hydrogen-bond acceptors (Lipinski definition) is 5.